The van der Waals surface area contributed by atoms with Gasteiger partial charge in [0, 0.05) is 22.8 Å². The zero-order chi connectivity index (χ0) is 14.7. The minimum Gasteiger partial charge on any atom is -0.326 e. The van der Waals surface area contributed by atoms with E-state index in [1.807, 2.05) is 43.7 Å². The standard InChI is InChI=1S/C15H18ClN3O/c1-10-7-11(2)19(18-10)12(3)8-15(20)17-14-6-4-5-13(16)9-14/h4-7,9,12H,8H2,1-3H3,(H,17,20)/t12-/m0/s1. The van der Waals surface area contributed by atoms with Gasteiger partial charge in [-0.15, -0.1) is 0 Å². The molecule has 0 saturated heterocycles. The fourth-order valence-corrected chi connectivity index (χ4v) is 2.42. The molecule has 106 valence electrons. The van der Waals surface area contributed by atoms with Crippen LogP contribution in [0.2, 0.25) is 5.02 Å². The maximum absolute atomic E-state index is 12.0. The summed E-state index contributed by atoms with van der Waals surface area (Å²) in [5, 5.41) is 7.85. The number of nitrogens with one attached hydrogen (secondary N) is 1. The number of benzene rings is 1. The van der Waals surface area contributed by atoms with Gasteiger partial charge in [0.25, 0.3) is 0 Å². The van der Waals surface area contributed by atoms with Crippen molar-refractivity contribution in [3.63, 3.8) is 0 Å². The molecule has 0 spiro atoms. The summed E-state index contributed by atoms with van der Waals surface area (Å²) in [4.78, 5) is 12.0. The molecule has 2 aromatic rings. The second-order valence-electron chi connectivity index (χ2n) is 4.98. The minimum atomic E-state index is -0.0488. The fourth-order valence-electron chi connectivity index (χ4n) is 2.23. The number of rotatable bonds is 4. The van der Waals surface area contributed by atoms with E-state index in [0.29, 0.717) is 17.1 Å². The van der Waals surface area contributed by atoms with E-state index in [9.17, 15) is 4.79 Å². The van der Waals surface area contributed by atoms with Gasteiger partial charge in [-0.2, -0.15) is 5.10 Å². The van der Waals surface area contributed by atoms with E-state index in [4.69, 9.17) is 11.6 Å². The highest BCUT2D eigenvalue weighted by Crippen LogP contribution is 2.18. The number of amides is 1. The largest absolute Gasteiger partial charge is 0.326 e. The van der Waals surface area contributed by atoms with Crippen LogP contribution in [0.1, 0.15) is 30.8 Å². The first-order valence-corrected chi connectivity index (χ1v) is 6.91. The number of aryl methyl sites for hydroxylation is 2. The number of hydrogen-bond donors (Lipinski definition) is 1. The van der Waals surface area contributed by atoms with Crippen molar-refractivity contribution in [2.24, 2.45) is 0 Å². The monoisotopic (exact) mass is 291 g/mol. The van der Waals surface area contributed by atoms with Gasteiger partial charge in [0.1, 0.15) is 0 Å². The van der Waals surface area contributed by atoms with Crippen molar-refractivity contribution in [2.75, 3.05) is 5.32 Å². The number of carbonyl (C=O) groups excluding carboxylic acids is 1. The summed E-state index contributed by atoms with van der Waals surface area (Å²) in [7, 11) is 0. The zero-order valence-electron chi connectivity index (χ0n) is 11.9. The van der Waals surface area contributed by atoms with Crippen molar-refractivity contribution < 1.29 is 4.79 Å². The topological polar surface area (TPSA) is 46.9 Å². The van der Waals surface area contributed by atoms with Gasteiger partial charge < -0.3 is 5.32 Å². The highest BCUT2D eigenvalue weighted by atomic mass is 35.5. The Morgan fingerprint density at radius 3 is 2.75 bits per heavy atom. The quantitative estimate of drug-likeness (QED) is 0.933. The van der Waals surface area contributed by atoms with Gasteiger partial charge in [0.05, 0.1) is 11.7 Å². The summed E-state index contributed by atoms with van der Waals surface area (Å²) in [6.45, 7) is 5.92. The summed E-state index contributed by atoms with van der Waals surface area (Å²) >= 11 is 5.89. The highest BCUT2D eigenvalue weighted by Gasteiger charge is 2.14. The van der Waals surface area contributed by atoms with E-state index < -0.39 is 0 Å². The number of nitrogens with zero attached hydrogens (tertiary/aromatic N) is 2. The molecule has 0 radical (unpaired) electrons. The van der Waals surface area contributed by atoms with Gasteiger partial charge in [-0.1, -0.05) is 17.7 Å². The van der Waals surface area contributed by atoms with Gasteiger partial charge in [-0.05, 0) is 45.0 Å². The molecule has 0 aliphatic heterocycles. The van der Waals surface area contributed by atoms with Crippen molar-refractivity contribution in [3.8, 4) is 0 Å². The third-order valence-electron chi connectivity index (χ3n) is 3.05. The molecule has 0 fully saturated rings. The smallest absolute Gasteiger partial charge is 0.226 e. The molecule has 4 nitrogen and oxygen atoms in total. The second-order valence-corrected chi connectivity index (χ2v) is 5.42. The van der Waals surface area contributed by atoms with Crippen LogP contribution >= 0.6 is 11.6 Å². The first-order valence-electron chi connectivity index (χ1n) is 6.54. The van der Waals surface area contributed by atoms with E-state index in [0.717, 1.165) is 11.4 Å². The predicted octanol–water partition coefficient (Wildman–Crippen LogP) is 3.74. The Labute approximate surface area is 123 Å². The van der Waals surface area contributed by atoms with E-state index >= 15 is 0 Å². The van der Waals surface area contributed by atoms with Crippen LogP contribution in [0.15, 0.2) is 30.3 Å². The maximum Gasteiger partial charge on any atom is 0.226 e. The SMILES string of the molecule is Cc1cc(C)n([C@@H](C)CC(=O)Nc2cccc(Cl)c2)n1. The fraction of sp³-hybridized carbons (Fsp3) is 0.333. The van der Waals surface area contributed by atoms with Crippen LogP contribution in [-0.2, 0) is 4.79 Å². The molecular formula is C15H18ClN3O. The Kier molecular flexibility index (Phi) is 4.45. The number of halogens is 1. The zero-order valence-corrected chi connectivity index (χ0v) is 12.6. The Hall–Kier alpha value is -1.81. The highest BCUT2D eigenvalue weighted by molar-refractivity contribution is 6.30. The molecule has 0 bridgehead atoms. The number of aromatic nitrogens is 2. The number of hydrogen-bond acceptors (Lipinski definition) is 2. The van der Waals surface area contributed by atoms with Crippen LogP contribution in [0, 0.1) is 13.8 Å². The molecule has 1 N–H and O–H groups in total. The predicted molar refractivity (Wildman–Crippen MR) is 81.1 cm³/mol. The van der Waals surface area contributed by atoms with Gasteiger partial charge in [0.15, 0.2) is 0 Å². The molecule has 0 saturated carbocycles. The van der Waals surface area contributed by atoms with Crippen LogP contribution < -0.4 is 5.32 Å². The molecule has 1 heterocycles. The lowest BCUT2D eigenvalue weighted by Crippen LogP contribution is -2.19. The van der Waals surface area contributed by atoms with Crippen molar-refractivity contribution in [3.05, 3.63) is 46.7 Å². The molecule has 1 atom stereocenters. The van der Waals surface area contributed by atoms with Crippen LogP contribution in [0.4, 0.5) is 5.69 Å². The molecule has 1 amide bonds. The third-order valence-corrected chi connectivity index (χ3v) is 3.29. The summed E-state index contributed by atoms with van der Waals surface area (Å²) in [5.74, 6) is -0.0488. The molecule has 5 heteroatoms. The van der Waals surface area contributed by atoms with Crippen molar-refractivity contribution in [1.29, 1.82) is 0 Å². The normalized spacial score (nSPS) is 12.2. The lowest BCUT2D eigenvalue weighted by atomic mass is 10.2. The Morgan fingerprint density at radius 2 is 2.15 bits per heavy atom. The molecule has 1 aromatic heterocycles. The van der Waals surface area contributed by atoms with Gasteiger partial charge in [-0.3, -0.25) is 9.48 Å². The van der Waals surface area contributed by atoms with Crippen molar-refractivity contribution >= 4 is 23.2 Å². The third kappa shape index (κ3) is 3.61. The lowest BCUT2D eigenvalue weighted by Gasteiger charge is -2.14. The van der Waals surface area contributed by atoms with Crippen LogP contribution in [-0.4, -0.2) is 15.7 Å². The number of carbonyl (C=O) groups is 1. The Bertz CT molecular complexity index is 621. The summed E-state index contributed by atoms with van der Waals surface area (Å²) in [6, 6.07) is 9.15. The minimum absolute atomic E-state index is 0.0166. The first-order chi connectivity index (χ1) is 9.45. The number of anilines is 1. The summed E-state index contributed by atoms with van der Waals surface area (Å²) in [6.07, 6.45) is 0.370. The van der Waals surface area contributed by atoms with Gasteiger partial charge in [0.2, 0.25) is 5.91 Å². The van der Waals surface area contributed by atoms with E-state index in [1.54, 1.807) is 12.1 Å². The van der Waals surface area contributed by atoms with Crippen molar-refractivity contribution in [1.82, 2.24) is 9.78 Å². The molecule has 0 aliphatic carbocycles. The molecule has 1 aromatic carbocycles. The summed E-state index contributed by atoms with van der Waals surface area (Å²) in [5.41, 5.74) is 2.73. The molecular weight excluding hydrogens is 274 g/mol. The average Bonchev–Trinajstić information content (AvgIpc) is 2.68. The molecule has 0 unspecified atom stereocenters. The lowest BCUT2D eigenvalue weighted by molar-refractivity contribution is -0.116. The van der Waals surface area contributed by atoms with E-state index in [1.165, 1.54) is 0 Å². The van der Waals surface area contributed by atoms with E-state index in [-0.39, 0.29) is 11.9 Å². The van der Waals surface area contributed by atoms with Crippen LogP contribution in [0.25, 0.3) is 0 Å². The average molecular weight is 292 g/mol. The van der Waals surface area contributed by atoms with Gasteiger partial charge in [-0.25, -0.2) is 0 Å². The second kappa shape index (κ2) is 6.09. The Morgan fingerprint density at radius 1 is 1.40 bits per heavy atom. The summed E-state index contributed by atoms with van der Waals surface area (Å²) < 4.78 is 1.88. The van der Waals surface area contributed by atoms with Crippen molar-refractivity contribution in [2.45, 2.75) is 33.2 Å². The van der Waals surface area contributed by atoms with Crippen LogP contribution in [0.3, 0.4) is 0 Å². The van der Waals surface area contributed by atoms with Gasteiger partial charge >= 0.3 is 0 Å². The maximum atomic E-state index is 12.0. The molecule has 0 aliphatic rings. The molecule has 20 heavy (non-hydrogen) atoms. The van der Waals surface area contributed by atoms with Crippen LogP contribution in [0.5, 0.6) is 0 Å². The first kappa shape index (κ1) is 14.6. The van der Waals surface area contributed by atoms with E-state index in [2.05, 4.69) is 10.4 Å². The Balaban J connectivity index is 1.99. The molecule has 2 rings (SSSR count).